The summed E-state index contributed by atoms with van der Waals surface area (Å²) in [7, 11) is 1.12. The minimum atomic E-state index is -2.26. The number of guanidine groups is 1. The summed E-state index contributed by atoms with van der Waals surface area (Å²) in [4.78, 5) is 78.4. The summed E-state index contributed by atoms with van der Waals surface area (Å²) in [6, 6.07) is 3.76. The summed E-state index contributed by atoms with van der Waals surface area (Å²) in [5.74, 6) is -5.32. The molecule has 0 radical (unpaired) electrons. The number of nitrogens with zero attached hydrogens (tertiary/aromatic N) is 2. The van der Waals surface area contributed by atoms with Gasteiger partial charge in [-0.3, -0.25) is 34.7 Å². The molecule has 242 valence electrons. The van der Waals surface area contributed by atoms with Gasteiger partial charge in [-0.05, 0) is 44.7 Å². The van der Waals surface area contributed by atoms with E-state index in [2.05, 4.69) is 16.0 Å². The Labute approximate surface area is 253 Å². The number of non-ortho nitro benzene ring substituents is 1. The number of nitrogens with two attached hydrogens (primary N) is 2. The average molecular weight is 621 g/mol. The van der Waals surface area contributed by atoms with Crippen LogP contribution >= 0.6 is 0 Å². The zero-order chi connectivity index (χ0) is 33.1. The molecule has 1 aliphatic rings. The number of ether oxygens (including phenoxy) is 1. The van der Waals surface area contributed by atoms with Gasteiger partial charge in [0.1, 0.15) is 11.1 Å². The summed E-state index contributed by atoms with van der Waals surface area (Å²) < 4.78 is 5.14. The van der Waals surface area contributed by atoms with E-state index in [1.807, 2.05) is 0 Å². The van der Waals surface area contributed by atoms with Crippen molar-refractivity contribution in [2.24, 2.45) is 11.5 Å². The van der Waals surface area contributed by atoms with Gasteiger partial charge in [0.2, 0.25) is 11.8 Å². The highest BCUT2D eigenvalue weighted by Crippen LogP contribution is 2.43. The molecule has 3 amide bonds. The molecular formula is C27H40N8O9. The molecule has 17 nitrogen and oxygen atoms in total. The van der Waals surface area contributed by atoms with Crippen LogP contribution < -0.4 is 27.4 Å². The number of nitro benzene ring substituents is 1. The van der Waals surface area contributed by atoms with Crippen LogP contribution in [0.15, 0.2) is 24.3 Å². The minimum Gasteiger partial charge on any atom is -0.481 e. The molecular weight excluding hydrogens is 580 g/mol. The Morgan fingerprint density at radius 2 is 1.77 bits per heavy atom. The molecule has 17 heteroatoms. The van der Waals surface area contributed by atoms with E-state index in [-0.39, 0.29) is 49.6 Å². The van der Waals surface area contributed by atoms with Crippen LogP contribution in [0, 0.1) is 15.5 Å². The first-order chi connectivity index (χ1) is 20.7. The average Bonchev–Trinajstić information content (AvgIpc) is 2.97. The maximum Gasteiger partial charge on any atom is 0.331 e. The number of hydrogen-bond donors (Lipinski definition) is 7. The second-order valence-corrected chi connectivity index (χ2v) is 10.6. The second kappa shape index (κ2) is 15.6. The standard InChI is InChI=1S/C27H40N8O9/c1-17(28)22(39)32-16-20(36)34(26(24(41)44-2)11-4-3-5-12-26)27(15-21(37)38,13-6-14-31-25(29)30)23(40)33-18-7-9-19(10-8-18)35(42)43/h7-10,17H,3-6,11-16,28H2,1-2H3,(H,32,39)(H,33,40)(H,37,38)(H4,29,30,31)/t17-,27+/m0/s1. The third-order valence-electron chi connectivity index (χ3n) is 7.46. The maximum atomic E-state index is 14.4. The lowest BCUT2D eigenvalue weighted by atomic mass is 9.74. The fraction of sp³-hybridized carbons (Fsp3) is 0.556. The Morgan fingerprint density at radius 3 is 2.27 bits per heavy atom. The van der Waals surface area contributed by atoms with Crippen LogP contribution in [-0.2, 0) is 28.7 Å². The summed E-state index contributed by atoms with van der Waals surface area (Å²) in [6.45, 7) is 0.691. The number of anilines is 1. The Balaban J connectivity index is 2.80. The number of esters is 1. The predicted octanol–water partition coefficient (Wildman–Crippen LogP) is 0.178. The molecule has 0 aliphatic heterocycles. The van der Waals surface area contributed by atoms with E-state index in [1.54, 1.807) is 0 Å². The summed E-state index contributed by atoms with van der Waals surface area (Å²) in [5.41, 5.74) is 6.78. The molecule has 1 aromatic rings. The number of carboxylic acid groups (broad SMARTS) is 1. The predicted molar refractivity (Wildman–Crippen MR) is 157 cm³/mol. The van der Waals surface area contributed by atoms with E-state index in [1.165, 1.54) is 19.1 Å². The molecule has 0 heterocycles. The molecule has 1 aromatic carbocycles. The molecule has 1 saturated carbocycles. The van der Waals surface area contributed by atoms with Gasteiger partial charge in [0.15, 0.2) is 5.96 Å². The Bertz CT molecular complexity index is 1250. The van der Waals surface area contributed by atoms with Crippen molar-refractivity contribution in [2.45, 2.75) is 75.4 Å². The molecule has 1 fully saturated rings. The number of nitro groups is 1. The van der Waals surface area contributed by atoms with Gasteiger partial charge < -0.3 is 42.2 Å². The van der Waals surface area contributed by atoms with Crippen molar-refractivity contribution in [3.05, 3.63) is 34.4 Å². The zero-order valence-electron chi connectivity index (χ0n) is 24.7. The molecule has 0 unspecified atom stereocenters. The van der Waals surface area contributed by atoms with Crippen molar-refractivity contribution in [2.75, 3.05) is 25.5 Å². The van der Waals surface area contributed by atoms with Gasteiger partial charge in [-0.25, -0.2) is 4.79 Å². The van der Waals surface area contributed by atoms with Crippen molar-refractivity contribution < 1.29 is 38.7 Å². The third-order valence-corrected chi connectivity index (χ3v) is 7.46. The van der Waals surface area contributed by atoms with E-state index < -0.39 is 64.7 Å². The van der Waals surface area contributed by atoms with Crippen LogP contribution in [0.25, 0.3) is 0 Å². The first-order valence-electron chi connectivity index (χ1n) is 14.0. The molecule has 1 aliphatic carbocycles. The first-order valence-corrected chi connectivity index (χ1v) is 14.0. The Hall–Kier alpha value is -4.80. The number of benzene rings is 1. The van der Waals surface area contributed by atoms with E-state index in [0.717, 1.165) is 24.1 Å². The number of amides is 3. The highest BCUT2D eigenvalue weighted by molar-refractivity contribution is 6.05. The maximum absolute atomic E-state index is 14.4. The van der Waals surface area contributed by atoms with Gasteiger partial charge in [-0.2, -0.15) is 0 Å². The van der Waals surface area contributed by atoms with Crippen molar-refractivity contribution in [3.8, 4) is 0 Å². The van der Waals surface area contributed by atoms with E-state index in [9.17, 15) is 39.2 Å². The lowest BCUT2D eigenvalue weighted by molar-refractivity contribution is -0.384. The van der Waals surface area contributed by atoms with Gasteiger partial charge in [0.25, 0.3) is 11.6 Å². The molecule has 2 atom stereocenters. The van der Waals surface area contributed by atoms with Crippen molar-refractivity contribution in [3.63, 3.8) is 0 Å². The van der Waals surface area contributed by atoms with Crippen LogP contribution in [0.2, 0.25) is 0 Å². The normalized spacial score (nSPS) is 15.9. The van der Waals surface area contributed by atoms with Crippen LogP contribution in [0.4, 0.5) is 11.4 Å². The number of carboxylic acids is 1. The molecule has 44 heavy (non-hydrogen) atoms. The quantitative estimate of drug-likeness (QED) is 0.0345. The monoisotopic (exact) mass is 620 g/mol. The fourth-order valence-corrected chi connectivity index (χ4v) is 5.48. The molecule has 2 rings (SSSR count). The SMILES string of the molecule is COC(=O)C1(N(C(=O)CNC(=O)[C@H](C)N)[C@](CCCNC(=N)N)(CC(=O)O)C(=O)Nc2ccc([N+](=O)[O-])cc2)CCCCC1. The van der Waals surface area contributed by atoms with Gasteiger partial charge in [-0.15, -0.1) is 0 Å². The third kappa shape index (κ3) is 8.62. The number of carbonyl (C=O) groups is 5. The molecule has 0 spiro atoms. The highest BCUT2D eigenvalue weighted by atomic mass is 16.6. The number of hydrogen-bond acceptors (Lipinski definition) is 10. The van der Waals surface area contributed by atoms with E-state index >= 15 is 0 Å². The lowest BCUT2D eigenvalue weighted by Gasteiger charge is -2.52. The smallest absolute Gasteiger partial charge is 0.331 e. The second-order valence-electron chi connectivity index (χ2n) is 10.6. The van der Waals surface area contributed by atoms with Crippen LogP contribution in [-0.4, -0.2) is 87.9 Å². The number of rotatable bonds is 15. The number of aliphatic carboxylic acids is 1. The number of nitrogens with one attached hydrogen (secondary N) is 4. The van der Waals surface area contributed by atoms with E-state index in [0.29, 0.717) is 19.3 Å². The lowest BCUT2D eigenvalue weighted by Crippen LogP contribution is -2.72. The molecule has 9 N–H and O–H groups in total. The van der Waals surface area contributed by atoms with Gasteiger partial charge in [0.05, 0.1) is 31.0 Å². The first kappa shape index (κ1) is 35.4. The molecule has 0 saturated heterocycles. The van der Waals surface area contributed by atoms with E-state index in [4.69, 9.17) is 21.6 Å². The van der Waals surface area contributed by atoms with Crippen molar-refractivity contribution >= 4 is 47.0 Å². The Morgan fingerprint density at radius 1 is 1.16 bits per heavy atom. The van der Waals surface area contributed by atoms with Crippen LogP contribution in [0.5, 0.6) is 0 Å². The largest absolute Gasteiger partial charge is 0.481 e. The van der Waals surface area contributed by atoms with Crippen molar-refractivity contribution in [1.82, 2.24) is 15.5 Å². The summed E-state index contributed by atoms with van der Waals surface area (Å²) in [5, 5.41) is 36.2. The highest BCUT2D eigenvalue weighted by Gasteiger charge is 2.59. The van der Waals surface area contributed by atoms with Crippen molar-refractivity contribution in [1.29, 1.82) is 5.41 Å². The molecule has 0 bridgehead atoms. The number of methoxy groups -OCH3 is 1. The van der Waals surface area contributed by atoms with Gasteiger partial charge >= 0.3 is 11.9 Å². The Kier molecular flexibility index (Phi) is 12.6. The topological polar surface area (TPSA) is 273 Å². The van der Waals surface area contributed by atoms with Gasteiger partial charge in [0, 0.05) is 24.4 Å². The van der Waals surface area contributed by atoms with Gasteiger partial charge in [-0.1, -0.05) is 19.3 Å². The summed E-state index contributed by atoms with van der Waals surface area (Å²) in [6.07, 6.45) is 0.407. The fourth-order valence-electron chi connectivity index (χ4n) is 5.48. The summed E-state index contributed by atoms with van der Waals surface area (Å²) >= 11 is 0. The molecule has 0 aromatic heterocycles. The van der Waals surface area contributed by atoms with Crippen LogP contribution in [0.3, 0.4) is 0 Å². The van der Waals surface area contributed by atoms with Crippen LogP contribution in [0.1, 0.15) is 58.3 Å². The zero-order valence-corrected chi connectivity index (χ0v) is 24.7. The number of carbonyl (C=O) groups excluding carboxylic acids is 4. The minimum absolute atomic E-state index is 0.00771.